The normalized spacial score (nSPS) is 18.2. The van der Waals surface area contributed by atoms with Gasteiger partial charge in [0.2, 0.25) is 0 Å². The first kappa shape index (κ1) is 10.5. The summed E-state index contributed by atoms with van der Waals surface area (Å²) in [5.74, 6) is -0.302. The van der Waals surface area contributed by atoms with E-state index in [9.17, 15) is 13.2 Å². The van der Waals surface area contributed by atoms with Crippen LogP contribution in [-0.2, 0) is 0 Å². The molecule has 0 amide bonds. The van der Waals surface area contributed by atoms with Gasteiger partial charge in [-0.05, 0) is 24.8 Å². The minimum absolute atomic E-state index is 0.292. The molecule has 1 aromatic carbocycles. The molecule has 1 fully saturated rings. The fourth-order valence-corrected chi connectivity index (χ4v) is 1.66. The number of benzene rings is 1. The van der Waals surface area contributed by atoms with Crippen molar-refractivity contribution in [3.05, 3.63) is 35.1 Å². The Morgan fingerprint density at radius 1 is 1.27 bits per heavy atom. The molecule has 1 atom stereocenters. The number of halogens is 3. The molecule has 1 nitrogen and oxygen atoms in total. The highest BCUT2D eigenvalue weighted by Crippen LogP contribution is 2.40. The van der Waals surface area contributed by atoms with Crippen LogP contribution in [0, 0.1) is 11.7 Å². The van der Waals surface area contributed by atoms with E-state index in [-0.39, 0.29) is 11.6 Å². The topological polar surface area (TPSA) is 26.0 Å². The van der Waals surface area contributed by atoms with Gasteiger partial charge in [0.25, 0.3) is 6.43 Å². The second-order valence-corrected chi connectivity index (χ2v) is 3.94. The van der Waals surface area contributed by atoms with E-state index in [2.05, 4.69) is 0 Å². The third-order valence-corrected chi connectivity index (χ3v) is 2.77. The maximum absolute atomic E-state index is 13.4. The van der Waals surface area contributed by atoms with Crippen LogP contribution in [0.1, 0.15) is 36.4 Å². The monoisotopic (exact) mass is 215 g/mol. The van der Waals surface area contributed by atoms with Gasteiger partial charge in [0.05, 0.1) is 0 Å². The van der Waals surface area contributed by atoms with Crippen LogP contribution in [0.25, 0.3) is 0 Å². The number of nitrogens with two attached hydrogens (primary N) is 1. The Kier molecular flexibility index (Phi) is 2.69. The second kappa shape index (κ2) is 3.85. The van der Waals surface area contributed by atoms with Gasteiger partial charge in [0.15, 0.2) is 0 Å². The van der Waals surface area contributed by atoms with Crippen LogP contribution >= 0.6 is 0 Å². The molecular formula is C11H12F3N. The van der Waals surface area contributed by atoms with Crippen LogP contribution in [0.4, 0.5) is 13.2 Å². The van der Waals surface area contributed by atoms with Crippen LogP contribution < -0.4 is 5.73 Å². The number of rotatable bonds is 3. The molecule has 0 radical (unpaired) electrons. The lowest BCUT2D eigenvalue weighted by Crippen LogP contribution is -2.14. The van der Waals surface area contributed by atoms with Crippen molar-refractivity contribution in [2.24, 2.45) is 11.7 Å². The third kappa shape index (κ3) is 2.15. The minimum Gasteiger partial charge on any atom is -0.324 e. The molecule has 1 aliphatic carbocycles. The Morgan fingerprint density at radius 2 is 1.93 bits per heavy atom. The Labute approximate surface area is 86.1 Å². The van der Waals surface area contributed by atoms with Crippen LogP contribution in [0.15, 0.2) is 18.2 Å². The van der Waals surface area contributed by atoms with Crippen LogP contribution in [-0.4, -0.2) is 0 Å². The molecule has 4 heteroatoms. The molecule has 1 saturated carbocycles. The van der Waals surface area contributed by atoms with Gasteiger partial charge in [-0.15, -0.1) is 0 Å². The van der Waals surface area contributed by atoms with E-state index in [1.807, 2.05) is 0 Å². The summed E-state index contributed by atoms with van der Waals surface area (Å²) >= 11 is 0. The Bertz CT molecular complexity index is 361. The molecule has 2 N–H and O–H groups in total. The summed E-state index contributed by atoms with van der Waals surface area (Å²) in [5, 5.41) is 0. The van der Waals surface area contributed by atoms with E-state index in [0.29, 0.717) is 11.5 Å². The predicted octanol–water partition coefficient (Wildman–Crippen LogP) is 3.17. The van der Waals surface area contributed by atoms with E-state index >= 15 is 0 Å². The lowest BCUT2D eigenvalue weighted by molar-refractivity contribution is 0.151. The Morgan fingerprint density at radius 3 is 2.40 bits per heavy atom. The van der Waals surface area contributed by atoms with Crippen molar-refractivity contribution in [2.45, 2.75) is 25.3 Å². The van der Waals surface area contributed by atoms with E-state index in [1.165, 1.54) is 12.1 Å². The van der Waals surface area contributed by atoms with Gasteiger partial charge in [-0.3, -0.25) is 0 Å². The lowest BCUT2D eigenvalue weighted by Gasteiger charge is -2.12. The number of alkyl halides is 2. The van der Waals surface area contributed by atoms with Gasteiger partial charge in [-0.25, -0.2) is 13.2 Å². The summed E-state index contributed by atoms with van der Waals surface area (Å²) < 4.78 is 37.9. The molecule has 82 valence electrons. The van der Waals surface area contributed by atoms with Crippen molar-refractivity contribution in [3.8, 4) is 0 Å². The summed E-state index contributed by atoms with van der Waals surface area (Å²) in [4.78, 5) is 0. The number of hydrogen-bond acceptors (Lipinski definition) is 1. The van der Waals surface area contributed by atoms with Crippen molar-refractivity contribution >= 4 is 0 Å². The predicted molar refractivity (Wildman–Crippen MR) is 51.0 cm³/mol. The van der Waals surface area contributed by atoms with Gasteiger partial charge < -0.3 is 5.73 Å². The summed E-state index contributed by atoms with van der Waals surface area (Å²) in [7, 11) is 0. The van der Waals surface area contributed by atoms with Crippen molar-refractivity contribution in [1.29, 1.82) is 0 Å². The second-order valence-electron chi connectivity index (χ2n) is 3.94. The first-order chi connectivity index (χ1) is 7.09. The van der Waals surface area contributed by atoms with Crippen molar-refractivity contribution in [3.63, 3.8) is 0 Å². The average Bonchev–Trinajstić information content (AvgIpc) is 2.99. The molecule has 0 unspecified atom stereocenters. The summed E-state index contributed by atoms with van der Waals surface area (Å²) in [6.07, 6.45) is -0.639. The maximum Gasteiger partial charge on any atom is 0.263 e. The molecule has 0 heterocycles. The van der Waals surface area contributed by atoms with E-state index < -0.39 is 12.2 Å². The molecule has 0 bridgehead atoms. The van der Waals surface area contributed by atoms with Crippen molar-refractivity contribution < 1.29 is 13.2 Å². The molecule has 0 saturated heterocycles. The average molecular weight is 215 g/mol. The SMILES string of the molecule is N[C@H](c1ccc(C(F)F)cc1F)C1CC1. The zero-order valence-corrected chi connectivity index (χ0v) is 8.09. The van der Waals surface area contributed by atoms with Gasteiger partial charge in [0.1, 0.15) is 5.82 Å². The molecule has 0 spiro atoms. The van der Waals surface area contributed by atoms with Gasteiger partial charge in [0, 0.05) is 17.2 Å². The summed E-state index contributed by atoms with van der Waals surface area (Å²) in [5.41, 5.74) is 5.86. The minimum atomic E-state index is -2.63. The zero-order valence-electron chi connectivity index (χ0n) is 8.09. The van der Waals surface area contributed by atoms with Crippen molar-refractivity contribution in [1.82, 2.24) is 0 Å². The van der Waals surface area contributed by atoms with E-state index in [4.69, 9.17) is 5.73 Å². The van der Waals surface area contributed by atoms with Crippen molar-refractivity contribution in [2.75, 3.05) is 0 Å². The fraction of sp³-hybridized carbons (Fsp3) is 0.455. The largest absolute Gasteiger partial charge is 0.324 e. The summed E-state index contributed by atoms with van der Waals surface area (Å²) in [6, 6.07) is 3.14. The lowest BCUT2D eigenvalue weighted by atomic mass is 10.0. The highest BCUT2D eigenvalue weighted by molar-refractivity contribution is 5.28. The standard InChI is InChI=1S/C11H12F3N/c12-9-5-7(11(13)14)3-4-8(9)10(15)6-1-2-6/h3-6,10-11H,1-2,15H2/t10-/m0/s1. The molecule has 2 rings (SSSR count). The Balaban J connectivity index is 2.25. The van der Waals surface area contributed by atoms with E-state index in [1.54, 1.807) is 0 Å². The Hall–Kier alpha value is -1.03. The smallest absolute Gasteiger partial charge is 0.263 e. The molecule has 15 heavy (non-hydrogen) atoms. The first-order valence-corrected chi connectivity index (χ1v) is 4.92. The highest BCUT2D eigenvalue weighted by atomic mass is 19.3. The molecule has 0 aliphatic heterocycles. The van der Waals surface area contributed by atoms with Crippen LogP contribution in [0.3, 0.4) is 0 Å². The van der Waals surface area contributed by atoms with Gasteiger partial charge in [-0.1, -0.05) is 12.1 Å². The van der Waals surface area contributed by atoms with E-state index in [0.717, 1.165) is 18.9 Å². The molecular weight excluding hydrogens is 203 g/mol. The summed E-state index contributed by atoms with van der Waals surface area (Å²) in [6.45, 7) is 0. The zero-order chi connectivity index (χ0) is 11.0. The van der Waals surface area contributed by atoms with Gasteiger partial charge >= 0.3 is 0 Å². The number of hydrogen-bond donors (Lipinski definition) is 1. The quantitative estimate of drug-likeness (QED) is 0.823. The fourth-order valence-electron chi connectivity index (χ4n) is 1.66. The van der Waals surface area contributed by atoms with Crippen LogP contribution in [0.5, 0.6) is 0 Å². The molecule has 1 aromatic rings. The van der Waals surface area contributed by atoms with Gasteiger partial charge in [-0.2, -0.15) is 0 Å². The molecule has 0 aromatic heterocycles. The molecule has 1 aliphatic rings. The maximum atomic E-state index is 13.4. The van der Waals surface area contributed by atoms with Crippen LogP contribution in [0.2, 0.25) is 0 Å². The third-order valence-electron chi connectivity index (χ3n) is 2.77. The first-order valence-electron chi connectivity index (χ1n) is 4.92. The highest BCUT2D eigenvalue weighted by Gasteiger charge is 2.31.